The number of alkyl halides is 3. The first kappa shape index (κ1) is 23.5. The summed E-state index contributed by atoms with van der Waals surface area (Å²) < 4.78 is 53.3. The zero-order chi connectivity index (χ0) is 24.7. The van der Waals surface area contributed by atoms with Gasteiger partial charge in [0.05, 0.1) is 11.3 Å². The summed E-state index contributed by atoms with van der Waals surface area (Å²) in [5.41, 5.74) is -2.28. The monoisotopic (exact) mass is 478 g/mol. The number of para-hydroxylation sites is 1. The number of halogens is 4. The minimum atomic E-state index is -4.61. The molecule has 0 aliphatic carbocycles. The van der Waals surface area contributed by atoms with Crippen molar-refractivity contribution in [3.8, 4) is 0 Å². The third-order valence-corrected chi connectivity index (χ3v) is 6.16. The average Bonchev–Trinajstić information content (AvgIpc) is 3.03. The summed E-state index contributed by atoms with van der Waals surface area (Å²) in [6.07, 6.45) is -4.61. The van der Waals surface area contributed by atoms with E-state index in [1.54, 1.807) is 23.1 Å². The minimum absolute atomic E-state index is 0.0332. The SMILES string of the molecule is CC1(c2cccc(C(F)(F)F)c2)NC(=O)N(CC(=O)N2CCN(c3ccccc3F)CC2)C1=O. The number of benzene rings is 2. The van der Waals surface area contributed by atoms with Gasteiger partial charge in [-0.2, -0.15) is 13.2 Å². The van der Waals surface area contributed by atoms with Gasteiger partial charge in [-0.1, -0.05) is 24.3 Å². The number of urea groups is 1. The fraction of sp³-hybridized carbons (Fsp3) is 0.348. The second kappa shape index (κ2) is 8.62. The van der Waals surface area contributed by atoms with Crippen molar-refractivity contribution >= 4 is 23.5 Å². The number of hydrogen-bond acceptors (Lipinski definition) is 4. The number of amides is 4. The van der Waals surface area contributed by atoms with Gasteiger partial charge in [0.15, 0.2) is 0 Å². The molecule has 2 aromatic carbocycles. The molecule has 2 saturated heterocycles. The highest BCUT2D eigenvalue weighted by Crippen LogP contribution is 2.34. The summed E-state index contributed by atoms with van der Waals surface area (Å²) in [6.45, 7) is 2.03. The standard InChI is InChI=1S/C23H22F4N4O3/c1-22(15-5-4-6-16(13-15)23(25,26)27)20(33)31(21(34)28-22)14-19(32)30-11-9-29(10-12-30)18-8-3-2-7-17(18)24/h2-8,13H,9-12,14H2,1H3,(H,28,34). The van der Waals surface area contributed by atoms with E-state index in [9.17, 15) is 31.9 Å². The van der Waals surface area contributed by atoms with Crippen LogP contribution in [0.15, 0.2) is 48.5 Å². The molecule has 1 N–H and O–H groups in total. The summed E-state index contributed by atoms with van der Waals surface area (Å²) in [5.74, 6) is -1.66. The first-order valence-electron chi connectivity index (χ1n) is 10.6. The lowest BCUT2D eigenvalue weighted by Crippen LogP contribution is -2.52. The number of nitrogens with zero attached hydrogens (tertiary/aromatic N) is 3. The molecule has 0 bridgehead atoms. The number of nitrogens with one attached hydrogen (secondary N) is 1. The second-order valence-electron chi connectivity index (χ2n) is 8.34. The topological polar surface area (TPSA) is 73.0 Å². The zero-order valence-corrected chi connectivity index (χ0v) is 18.2. The Hall–Kier alpha value is -3.63. The lowest BCUT2D eigenvalue weighted by atomic mass is 9.90. The molecule has 1 unspecified atom stereocenters. The molecular formula is C23H22F4N4O3. The quantitative estimate of drug-likeness (QED) is 0.542. The maximum Gasteiger partial charge on any atom is 0.416 e. The van der Waals surface area contributed by atoms with E-state index in [4.69, 9.17) is 0 Å². The Morgan fingerprint density at radius 2 is 1.71 bits per heavy atom. The van der Waals surface area contributed by atoms with E-state index in [0.29, 0.717) is 23.7 Å². The van der Waals surface area contributed by atoms with Crippen LogP contribution in [-0.4, -0.2) is 60.4 Å². The van der Waals surface area contributed by atoms with Gasteiger partial charge in [0.25, 0.3) is 5.91 Å². The van der Waals surface area contributed by atoms with Gasteiger partial charge in [0.1, 0.15) is 17.9 Å². The van der Waals surface area contributed by atoms with Crippen LogP contribution in [-0.2, 0) is 21.3 Å². The Kier molecular flexibility index (Phi) is 5.96. The largest absolute Gasteiger partial charge is 0.416 e. The van der Waals surface area contributed by atoms with Crippen molar-refractivity contribution in [3.63, 3.8) is 0 Å². The number of carbonyl (C=O) groups is 3. The van der Waals surface area contributed by atoms with Crippen LogP contribution < -0.4 is 10.2 Å². The summed E-state index contributed by atoms with van der Waals surface area (Å²) in [6, 6.07) is 9.61. The van der Waals surface area contributed by atoms with Gasteiger partial charge in [-0.25, -0.2) is 9.18 Å². The number of imide groups is 1. The Morgan fingerprint density at radius 1 is 1.03 bits per heavy atom. The van der Waals surface area contributed by atoms with Crippen molar-refractivity contribution in [3.05, 3.63) is 65.5 Å². The van der Waals surface area contributed by atoms with Gasteiger partial charge in [-0.05, 0) is 36.8 Å². The van der Waals surface area contributed by atoms with Crippen molar-refractivity contribution in [2.45, 2.75) is 18.6 Å². The Balaban J connectivity index is 1.43. The first-order valence-corrected chi connectivity index (χ1v) is 10.6. The molecule has 180 valence electrons. The molecular weight excluding hydrogens is 456 g/mol. The number of hydrogen-bond donors (Lipinski definition) is 1. The Bertz CT molecular complexity index is 1130. The number of rotatable bonds is 4. The number of carbonyl (C=O) groups excluding carboxylic acids is 3. The maximum absolute atomic E-state index is 14.0. The third kappa shape index (κ3) is 4.29. The van der Waals surface area contributed by atoms with E-state index >= 15 is 0 Å². The second-order valence-corrected chi connectivity index (χ2v) is 8.34. The molecule has 2 aliphatic rings. The Morgan fingerprint density at radius 3 is 2.35 bits per heavy atom. The number of piperazine rings is 1. The molecule has 0 spiro atoms. The summed E-state index contributed by atoms with van der Waals surface area (Å²) in [7, 11) is 0. The maximum atomic E-state index is 14.0. The van der Waals surface area contributed by atoms with Crippen LogP contribution in [0.2, 0.25) is 0 Å². The van der Waals surface area contributed by atoms with Gasteiger partial charge in [-0.3, -0.25) is 14.5 Å². The van der Waals surface area contributed by atoms with Crippen LogP contribution >= 0.6 is 0 Å². The molecule has 34 heavy (non-hydrogen) atoms. The van der Waals surface area contributed by atoms with Crippen LogP contribution in [0, 0.1) is 5.82 Å². The average molecular weight is 478 g/mol. The highest BCUT2D eigenvalue weighted by molar-refractivity contribution is 6.09. The molecule has 7 nitrogen and oxygen atoms in total. The van der Waals surface area contributed by atoms with Crippen LogP contribution in [0.3, 0.4) is 0 Å². The minimum Gasteiger partial charge on any atom is -0.366 e. The van der Waals surface area contributed by atoms with Crippen LogP contribution in [0.1, 0.15) is 18.1 Å². The van der Waals surface area contributed by atoms with Crippen LogP contribution in [0.25, 0.3) is 0 Å². The van der Waals surface area contributed by atoms with Gasteiger partial charge in [0, 0.05) is 26.2 Å². The third-order valence-electron chi connectivity index (χ3n) is 6.16. The van der Waals surface area contributed by atoms with Crippen molar-refractivity contribution in [2.24, 2.45) is 0 Å². The van der Waals surface area contributed by atoms with E-state index in [-0.39, 0.29) is 24.5 Å². The van der Waals surface area contributed by atoms with Crippen molar-refractivity contribution in [2.75, 3.05) is 37.6 Å². The summed E-state index contributed by atoms with van der Waals surface area (Å²) in [5, 5.41) is 2.42. The normalized spacial score (nSPS) is 21.1. The molecule has 4 rings (SSSR count). The van der Waals surface area contributed by atoms with E-state index in [2.05, 4.69) is 5.32 Å². The molecule has 11 heteroatoms. The van der Waals surface area contributed by atoms with Gasteiger partial charge >= 0.3 is 12.2 Å². The Labute approximate surface area is 192 Å². The van der Waals surface area contributed by atoms with Crippen LogP contribution in [0.4, 0.5) is 28.0 Å². The van der Waals surface area contributed by atoms with E-state index in [1.165, 1.54) is 24.0 Å². The zero-order valence-electron chi connectivity index (χ0n) is 18.2. The number of anilines is 1. The molecule has 2 heterocycles. The smallest absolute Gasteiger partial charge is 0.366 e. The fourth-order valence-electron chi connectivity index (χ4n) is 4.18. The van der Waals surface area contributed by atoms with Crippen molar-refractivity contribution < 1.29 is 31.9 Å². The van der Waals surface area contributed by atoms with Gasteiger partial charge in [0.2, 0.25) is 5.91 Å². The summed E-state index contributed by atoms with van der Waals surface area (Å²) >= 11 is 0. The molecule has 0 aromatic heterocycles. The van der Waals surface area contributed by atoms with Gasteiger partial charge in [-0.15, -0.1) is 0 Å². The van der Waals surface area contributed by atoms with E-state index in [1.807, 2.05) is 0 Å². The molecule has 2 aliphatic heterocycles. The lowest BCUT2D eigenvalue weighted by molar-refractivity contribution is -0.139. The van der Waals surface area contributed by atoms with E-state index in [0.717, 1.165) is 18.2 Å². The highest BCUT2D eigenvalue weighted by Gasteiger charge is 2.50. The van der Waals surface area contributed by atoms with Crippen molar-refractivity contribution in [1.29, 1.82) is 0 Å². The predicted octanol–water partition coefficient (Wildman–Crippen LogP) is 2.96. The molecule has 0 saturated carbocycles. The van der Waals surface area contributed by atoms with Gasteiger partial charge < -0.3 is 15.1 Å². The highest BCUT2D eigenvalue weighted by atomic mass is 19.4. The molecule has 0 radical (unpaired) electrons. The molecule has 2 fully saturated rings. The molecule has 4 amide bonds. The predicted molar refractivity (Wildman–Crippen MR) is 114 cm³/mol. The van der Waals surface area contributed by atoms with Crippen LogP contribution in [0.5, 0.6) is 0 Å². The lowest BCUT2D eigenvalue weighted by Gasteiger charge is -2.36. The summed E-state index contributed by atoms with van der Waals surface area (Å²) in [4.78, 5) is 42.3. The van der Waals surface area contributed by atoms with Crippen molar-refractivity contribution in [1.82, 2.24) is 15.1 Å². The van der Waals surface area contributed by atoms with E-state index < -0.39 is 41.7 Å². The molecule has 1 atom stereocenters. The molecule has 2 aromatic rings. The first-order chi connectivity index (χ1) is 16.0. The fourth-order valence-corrected chi connectivity index (χ4v) is 4.18.